The van der Waals surface area contributed by atoms with Crippen LogP contribution >= 0.6 is 0 Å². The molecule has 2 N–H and O–H groups in total. The molecule has 2 atom stereocenters. The summed E-state index contributed by atoms with van der Waals surface area (Å²) in [5.41, 5.74) is 2.62. The number of aliphatic hydroxyl groups excluding tert-OH is 1. The molecule has 2 unspecified atom stereocenters. The molecule has 0 saturated carbocycles. The molecule has 3 heteroatoms. The molecular weight excluding hydrogens is 250 g/mol. The van der Waals surface area contributed by atoms with Gasteiger partial charge in [0.15, 0.2) is 0 Å². The van der Waals surface area contributed by atoms with Crippen molar-refractivity contribution >= 4 is 0 Å². The summed E-state index contributed by atoms with van der Waals surface area (Å²) in [7, 11) is 0. The van der Waals surface area contributed by atoms with Gasteiger partial charge in [0.1, 0.15) is 0 Å². The average Bonchev–Trinajstić information content (AvgIpc) is 2.92. The maximum Gasteiger partial charge on any atom is 0.0700 e. The van der Waals surface area contributed by atoms with E-state index in [1.54, 1.807) is 0 Å². The number of hydrogen-bond donors (Lipinski definition) is 2. The third-order valence-electron chi connectivity index (χ3n) is 3.98. The van der Waals surface area contributed by atoms with Crippen LogP contribution in [0.2, 0.25) is 0 Å². The Labute approximate surface area is 122 Å². The molecule has 0 amide bonds. The Bertz CT molecular complexity index is 402. The van der Waals surface area contributed by atoms with Gasteiger partial charge in [-0.25, -0.2) is 0 Å². The quantitative estimate of drug-likeness (QED) is 0.869. The normalized spacial score (nSPS) is 21.1. The van der Waals surface area contributed by atoms with Crippen LogP contribution in [0.3, 0.4) is 0 Å². The van der Waals surface area contributed by atoms with Crippen molar-refractivity contribution in [1.29, 1.82) is 0 Å². The van der Waals surface area contributed by atoms with Gasteiger partial charge in [-0.05, 0) is 29.4 Å². The van der Waals surface area contributed by atoms with Crippen molar-refractivity contribution in [2.45, 2.75) is 51.2 Å². The van der Waals surface area contributed by atoms with Crippen LogP contribution in [0, 0.1) is 0 Å². The predicted octanol–water partition coefficient (Wildman–Crippen LogP) is 2.79. The fourth-order valence-electron chi connectivity index (χ4n) is 2.58. The van der Waals surface area contributed by atoms with Gasteiger partial charge >= 0.3 is 0 Å². The number of aliphatic hydroxyl groups is 1. The van der Waals surface area contributed by atoms with Crippen LogP contribution in [0.5, 0.6) is 0 Å². The zero-order chi connectivity index (χ0) is 14.6. The second kappa shape index (κ2) is 6.70. The largest absolute Gasteiger partial charge is 0.394 e. The fraction of sp³-hybridized carbons (Fsp3) is 0.647. The number of rotatable bonds is 5. The molecule has 1 aliphatic rings. The van der Waals surface area contributed by atoms with Crippen molar-refractivity contribution < 1.29 is 9.84 Å². The highest BCUT2D eigenvalue weighted by Crippen LogP contribution is 2.24. The van der Waals surface area contributed by atoms with Gasteiger partial charge in [0, 0.05) is 13.2 Å². The first-order valence-electron chi connectivity index (χ1n) is 7.57. The van der Waals surface area contributed by atoms with E-state index >= 15 is 0 Å². The highest BCUT2D eigenvalue weighted by Gasteiger charge is 2.19. The van der Waals surface area contributed by atoms with E-state index in [1.807, 2.05) is 0 Å². The minimum absolute atomic E-state index is 0.00628. The lowest BCUT2D eigenvalue weighted by atomic mass is 9.86. The molecular formula is C17H27NO2. The second-order valence-electron chi connectivity index (χ2n) is 6.65. The summed E-state index contributed by atoms with van der Waals surface area (Å²) >= 11 is 0. The fourth-order valence-corrected chi connectivity index (χ4v) is 2.58. The Hall–Kier alpha value is -0.900. The summed E-state index contributed by atoms with van der Waals surface area (Å²) in [6.07, 6.45) is 2.57. The van der Waals surface area contributed by atoms with Crippen LogP contribution in [0.25, 0.3) is 0 Å². The highest BCUT2D eigenvalue weighted by molar-refractivity contribution is 5.29. The highest BCUT2D eigenvalue weighted by atomic mass is 16.5. The molecule has 1 saturated heterocycles. The Morgan fingerprint density at radius 2 is 2.00 bits per heavy atom. The van der Waals surface area contributed by atoms with Crippen molar-refractivity contribution in [1.82, 2.24) is 5.32 Å². The summed E-state index contributed by atoms with van der Waals surface area (Å²) in [5, 5.41) is 13.0. The molecule has 1 heterocycles. The van der Waals surface area contributed by atoms with Crippen LogP contribution in [0.1, 0.15) is 50.8 Å². The Balaban J connectivity index is 1.96. The van der Waals surface area contributed by atoms with Gasteiger partial charge in [-0.3, -0.25) is 0 Å². The number of ether oxygens (including phenoxy) is 1. The molecule has 2 rings (SSSR count). The van der Waals surface area contributed by atoms with Gasteiger partial charge in [-0.1, -0.05) is 45.0 Å². The first kappa shape index (κ1) is 15.5. The van der Waals surface area contributed by atoms with Crippen molar-refractivity contribution in [2.75, 3.05) is 19.8 Å². The zero-order valence-corrected chi connectivity index (χ0v) is 12.9. The monoisotopic (exact) mass is 277 g/mol. The van der Waals surface area contributed by atoms with Gasteiger partial charge in [0.25, 0.3) is 0 Å². The van der Waals surface area contributed by atoms with E-state index in [1.165, 1.54) is 5.56 Å². The lowest BCUT2D eigenvalue weighted by molar-refractivity contribution is 0.104. The van der Waals surface area contributed by atoms with Crippen molar-refractivity contribution in [3.05, 3.63) is 35.4 Å². The van der Waals surface area contributed by atoms with Crippen molar-refractivity contribution in [3.8, 4) is 0 Å². The van der Waals surface area contributed by atoms with Gasteiger partial charge in [-0.15, -0.1) is 0 Å². The van der Waals surface area contributed by atoms with Gasteiger partial charge in [-0.2, -0.15) is 0 Å². The van der Waals surface area contributed by atoms with Crippen molar-refractivity contribution in [3.63, 3.8) is 0 Å². The summed E-state index contributed by atoms with van der Waals surface area (Å²) in [5.74, 6) is 0. The lowest BCUT2D eigenvalue weighted by Crippen LogP contribution is -2.32. The van der Waals surface area contributed by atoms with E-state index in [0.29, 0.717) is 6.10 Å². The summed E-state index contributed by atoms with van der Waals surface area (Å²) < 4.78 is 5.60. The van der Waals surface area contributed by atoms with Crippen LogP contribution in [0.15, 0.2) is 24.3 Å². The molecule has 0 radical (unpaired) electrons. The van der Waals surface area contributed by atoms with E-state index in [0.717, 1.165) is 31.6 Å². The van der Waals surface area contributed by atoms with Gasteiger partial charge in [0.05, 0.1) is 18.8 Å². The van der Waals surface area contributed by atoms with E-state index in [2.05, 4.69) is 50.4 Å². The Morgan fingerprint density at radius 1 is 1.30 bits per heavy atom. The Morgan fingerprint density at radius 3 is 2.50 bits per heavy atom. The summed E-state index contributed by atoms with van der Waals surface area (Å²) in [6.45, 7) is 8.42. The predicted molar refractivity (Wildman–Crippen MR) is 81.9 cm³/mol. The molecule has 1 aromatic carbocycles. The SMILES string of the molecule is CC(C)(C)c1ccc(C(CO)NCC2CCCO2)cc1. The van der Waals surface area contributed by atoms with E-state index in [4.69, 9.17) is 4.74 Å². The molecule has 20 heavy (non-hydrogen) atoms. The first-order chi connectivity index (χ1) is 9.50. The smallest absolute Gasteiger partial charge is 0.0700 e. The second-order valence-corrected chi connectivity index (χ2v) is 6.65. The third-order valence-corrected chi connectivity index (χ3v) is 3.98. The van der Waals surface area contributed by atoms with Crippen LogP contribution in [0.4, 0.5) is 0 Å². The first-order valence-corrected chi connectivity index (χ1v) is 7.57. The third kappa shape index (κ3) is 4.05. The molecule has 0 aliphatic carbocycles. The summed E-state index contributed by atoms with van der Waals surface area (Å²) in [6, 6.07) is 8.54. The number of benzene rings is 1. The van der Waals surface area contributed by atoms with Gasteiger partial charge in [0.2, 0.25) is 0 Å². The Kier molecular flexibility index (Phi) is 5.19. The summed E-state index contributed by atoms with van der Waals surface area (Å²) in [4.78, 5) is 0. The lowest BCUT2D eigenvalue weighted by Gasteiger charge is -2.22. The molecule has 0 spiro atoms. The zero-order valence-electron chi connectivity index (χ0n) is 12.9. The van der Waals surface area contributed by atoms with Gasteiger partial charge < -0.3 is 15.2 Å². The standard InChI is InChI=1S/C17H27NO2/c1-17(2,3)14-8-6-13(7-9-14)16(12-19)18-11-15-5-4-10-20-15/h6-9,15-16,18-19H,4-5,10-12H2,1-3H3. The number of nitrogens with one attached hydrogen (secondary N) is 1. The van der Waals surface area contributed by atoms with E-state index in [9.17, 15) is 5.11 Å². The number of hydrogen-bond acceptors (Lipinski definition) is 3. The molecule has 0 aromatic heterocycles. The molecule has 1 aromatic rings. The van der Waals surface area contributed by atoms with E-state index < -0.39 is 0 Å². The van der Waals surface area contributed by atoms with Crippen molar-refractivity contribution in [2.24, 2.45) is 0 Å². The topological polar surface area (TPSA) is 41.5 Å². The molecule has 1 fully saturated rings. The molecule has 112 valence electrons. The molecule has 0 bridgehead atoms. The minimum Gasteiger partial charge on any atom is -0.394 e. The van der Waals surface area contributed by atoms with Crippen LogP contribution < -0.4 is 5.32 Å². The van der Waals surface area contributed by atoms with Crippen LogP contribution in [-0.2, 0) is 10.2 Å². The average molecular weight is 277 g/mol. The van der Waals surface area contributed by atoms with Crippen LogP contribution in [-0.4, -0.2) is 31.0 Å². The maximum absolute atomic E-state index is 9.58. The molecule has 1 aliphatic heterocycles. The maximum atomic E-state index is 9.58. The molecule has 3 nitrogen and oxygen atoms in total. The van der Waals surface area contributed by atoms with E-state index in [-0.39, 0.29) is 18.1 Å². The minimum atomic E-state index is -0.00628.